The second-order valence-corrected chi connectivity index (χ2v) is 4.57. The van der Waals surface area contributed by atoms with Crippen molar-refractivity contribution in [3.63, 3.8) is 0 Å². The third kappa shape index (κ3) is 3.22. The minimum atomic E-state index is -0.770. The van der Waals surface area contributed by atoms with Crippen molar-refractivity contribution in [2.75, 3.05) is 6.61 Å². The van der Waals surface area contributed by atoms with Crippen molar-refractivity contribution in [2.24, 2.45) is 11.8 Å². The second-order valence-electron chi connectivity index (χ2n) is 4.57. The maximum atomic E-state index is 11.5. The quantitative estimate of drug-likeness (QED) is 0.574. The number of ether oxygens (including phenoxy) is 1. The first-order valence-corrected chi connectivity index (χ1v) is 6.03. The molecule has 0 aromatic carbocycles. The van der Waals surface area contributed by atoms with Crippen LogP contribution in [-0.4, -0.2) is 24.5 Å². The fourth-order valence-electron chi connectivity index (χ4n) is 2.21. The number of carbonyl (C=O) groups excluding carboxylic acids is 2. The van der Waals surface area contributed by atoms with Gasteiger partial charge in [-0.25, -0.2) is 4.79 Å². The molecule has 0 aromatic heterocycles. The van der Waals surface area contributed by atoms with Gasteiger partial charge in [0.2, 0.25) is 0 Å². The lowest BCUT2D eigenvalue weighted by atomic mass is 9.78. The number of carbonyl (C=O) groups is 2. The average molecular weight is 227 g/mol. The fraction of sp³-hybridized carbons (Fsp3) is 0.833. The van der Waals surface area contributed by atoms with Gasteiger partial charge in [-0.2, -0.15) is 0 Å². The van der Waals surface area contributed by atoms with E-state index in [4.69, 9.17) is 0 Å². The zero-order chi connectivity index (χ0) is 12.1. The summed E-state index contributed by atoms with van der Waals surface area (Å²) in [7, 11) is 0. The molecular formula is C12H21NO3. The molecule has 0 radical (unpaired) electrons. The topological polar surface area (TPSA) is 55.4 Å². The second kappa shape index (κ2) is 5.87. The summed E-state index contributed by atoms with van der Waals surface area (Å²) in [5.74, 6) is -0.353. The molecule has 16 heavy (non-hydrogen) atoms. The van der Waals surface area contributed by atoms with Crippen LogP contribution in [0, 0.1) is 11.8 Å². The largest absolute Gasteiger partial charge is 0.459 e. The van der Waals surface area contributed by atoms with E-state index in [1.165, 1.54) is 6.42 Å². The molecule has 1 rings (SSSR count). The molecule has 0 aromatic rings. The summed E-state index contributed by atoms with van der Waals surface area (Å²) >= 11 is 0. The molecule has 1 N–H and O–H groups in total. The fourth-order valence-corrected chi connectivity index (χ4v) is 2.21. The van der Waals surface area contributed by atoms with Crippen LogP contribution in [0.1, 0.15) is 40.0 Å². The average Bonchev–Trinajstić information content (AvgIpc) is 2.25. The van der Waals surface area contributed by atoms with E-state index in [0.717, 1.165) is 12.8 Å². The molecule has 1 aliphatic rings. The summed E-state index contributed by atoms with van der Waals surface area (Å²) in [6.45, 7) is 6.24. The van der Waals surface area contributed by atoms with Gasteiger partial charge in [-0.15, -0.1) is 0 Å². The lowest BCUT2D eigenvalue weighted by Gasteiger charge is -2.34. The number of hydrogen-bond donors (Lipinski definition) is 1. The molecule has 0 spiro atoms. The summed E-state index contributed by atoms with van der Waals surface area (Å²) in [6, 6.07) is 0.112. The minimum absolute atomic E-state index is 0.112. The molecule has 1 fully saturated rings. The standard InChI is InChI=1S/C12H21NO3/c1-4-16-12(15)11(14)13-10-7-5-6-8(2)9(10)3/h8-10H,4-7H2,1-3H3,(H,13,14). The van der Waals surface area contributed by atoms with Crippen LogP contribution in [0.2, 0.25) is 0 Å². The Labute approximate surface area is 96.7 Å². The molecule has 4 heteroatoms. The van der Waals surface area contributed by atoms with Gasteiger partial charge in [0.05, 0.1) is 6.61 Å². The maximum absolute atomic E-state index is 11.5. The van der Waals surface area contributed by atoms with E-state index in [-0.39, 0.29) is 12.6 Å². The van der Waals surface area contributed by atoms with Crippen LogP contribution >= 0.6 is 0 Å². The Balaban J connectivity index is 2.46. The van der Waals surface area contributed by atoms with Crippen molar-refractivity contribution in [1.82, 2.24) is 5.32 Å². The van der Waals surface area contributed by atoms with Gasteiger partial charge in [0, 0.05) is 6.04 Å². The molecule has 0 bridgehead atoms. The van der Waals surface area contributed by atoms with Gasteiger partial charge in [0.1, 0.15) is 0 Å². The predicted octanol–water partition coefficient (Wildman–Crippen LogP) is 1.49. The third-order valence-corrected chi connectivity index (χ3v) is 3.48. The highest BCUT2D eigenvalue weighted by atomic mass is 16.5. The molecular weight excluding hydrogens is 206 g/mol. The number of nitrogens with one attached hydrogen (secondary N) is 1. The maximum Gasteiger partial charge on any atom is 0.396 e. The molecule has 3 atom stereocenters. The van der Waals surface area contributed by atoms with Crippen molar-refractivity contribution >= 4 is 11.9 Å². The van der Waals surface area contributed by atoms with Crippen LogP contribution < -0.4 is 5.32 Å². The van der Waals surface area contributed by atoms with E-state index in [1.807, 2.05) is 0 Å². The van der Waals surface area contributed by atoms with Crippen LogP contribution in [0.5, 0.6) is 0 Å². The van der Waals surface area contributed by atoms with Gasteiger partial charge < -0.3 is 10.1 Å². The number of rotatable bonds is 2. The highest BCUT2D eigenvalue weighted by Gasteiger charge is 2.29. The Morgan fingerprint density at radius 1 is 1.31 bits per heavy atom. The highest BCUT2D eigenvalue weighted by molar-refractivity contribution is 6.32. The smallest absolute Gasteiger partial charge is 0.396 e. The molecule has 0 aliphatic heterocycles. The first-order chi connectivity index (χ1) is 7.56. The first-order valence-electron chi connectivity index (χ1n) is 6.03. The molecule has 4 nitrogen and oxygen atoms in total. The van der Waals surface area contributed by atoms with Crippen LogP contribution in [-0.2, 0) is 14.3 Å². The van der Waals surface area contributed by atoms with Gasteiger partial charge in [0.15, 0.2) is 0 Å². The Morgan fingerprint density at radius 3 is 2.62 bits per heavy atom. The molecule has 0 heterocycles. The minimum Gasteiger partial charge on any atom is -0.459 e. The summed E-state index contributed by atoms with van der Waals surface area (Å²) in [5, 5.41) is 2.77. The van der Waals surface area contributed by atoms with E-state index in [2.05, 4.69) is 23.9 Å². The van der Waals surface area contributed by atoms with Gasteiger partial charge in [0.25, 0.3) is 0 Å². The van der Waals surface area contributed by atoms with E-state index in [9.17, 15) is 9.59 Å². The van der Waals surface area contributed by atoms with Crippen LogP contribution in [0.3, 0.4) is 0 Å². The Bertz CT molecular complexity index is 265. The van der Waals surface area contributed by atoms with Crippen molar-refractivity contribution in [3.8, 4) is 0 Å². The number of hydrogen-bond acceptors (Lipinski definition) is 3. The van der Waals surface area contributed by atoms with E-state index in [1.54, 1.807) is 6.92 Å². The third-order valence-electron chi connectivity index (χ3n) is 3.48. The first kappa shape index (κ1) is 13.0. The lowest BCUT2D eigenvalue weighted by Crippen LogP contribution is -2.46. The predicted molar refractivity (Wildman–Crippen MR) is 60.7 cm³/mol. The summed E-state index contributed by atoms with van der Waals surface area (Å²) in [6.07, 6.45) is 3.27. The van der Waals surface area contributed by atoms with Gasteiger partial charge >= 0.3 is 11.9 Å². The normalized spacial score (nSPS) is 29.6. The molecule has 0 saturated heterocycles. The SMILES string of the molecule is CCOC(=O)C(=O)NC1CCCC(C)C1C. The molecule has 1 amide bonds. The molecule has 92 valence electrons. The van der Waals surface area contributed by atoms with Crippen molar-refractivity contribution in [2.45, 2.75) is 46.1 Å². The number of esters is 1. The van der Waals surface area contributed by atoms with E-state index < -0.39 is 11.9 Å². The Morgan fingerprint density at radius 2 is 2.00 bits per heavy atom. The van der Waals surface area contributed by atoms with E-state index in [0.29, 0.717) is 11.8 Å². The summed E-state index contributed by atoms with van der Waals surface area (Å²) < 4.78 is 4.66. The van der Waals surface area contributed by atoms with Crippen molar-refractivity contribution < 1.29 is 14.3 Å². The Hall–Kier alpha value is -1.06. The molecule has 1 aliphatic carbocycles. The summed E-state index contributed by atoms with van der Waals surface area (Å²) in [4.78, 5) is 22.6. The Kier molecular flexibility index (Phi) is 4.77. The van der Waals surface area contributed by atoms with Crippen LogP contribution in [0.25, 0.3) is 0 Å². The number of amides is 1. The zero-order valence-electron chi connectivity index (χ0n) is 10.3. The van der Waals surface area contributed by atoms with Gasteiger partial charge in [-0.3, -0.25) is 4.79 Å². The van der Waals surface area contributed by atoms with Gasteiger partial charge in [-0.1, -0.05) is 26.7 Å². The van der Waals surface area contributed by atoms with Gasteiger partial charge in [-0.05, 0) is 25.2 Å². The molecule has 1 saturated carbocycles. The van der Waals surface area contributed by atoms with E-state index >= 15 is 0 Å². The molecule has 3 unspecified atom stereocenters. The summed E-state index contributed by atoms with van der Waals surface area (Å²) in [5.41, 5.74) is 0. The van der Waals surface area contributed by atoms with Crippen molar-refractivity contribution in [1.29, 1.82) is 0 Å². The van der Waals surface area contributed by atoms with Crippen molar-refractivity contribution in [3.05, 3.63) is 0 Å². The van der Waals surface area contributed by atoms with Crippen LogP contribution in [0.4, 0.5) is 0 Å². The highest BCUT2D eigenvalue weighted by Crippen LogP contribution is 2.29. The monoisotopic (exact) mass is 227 g/mol. The van der Waals surface area contributed by atoms with Crippen LogP contribution in [0.15, 0.2) is 0 Å². The zero-order valence-corrected chi connectivity index (χ0v) is 10.3. The lowest BCUT2D eigenvalue weighted by molar-refractivity contribution is -0.155.